The number of hydrogen-bond donors (Lipinski definition) is 2. The zero-order valence-electron chi connectivity index (χ0n) is 7.65. The van der Waals surface area contributed by atoms with Crippen molar-refractivity contribution in [3.05, 3.63) is 12.2 Å². The number of hydrogen-bond acceptors (Lipinski definition) is 3. The van der Waals surface area contributed by atoms with E-state index < -0.39 is 0 Å². The van der Waals surface area contributed by atoms with Gasteiger partial charge < -0.3 is 14.9 Å². The fourth-order valence-electron chi connectivity index (χ4n) is 2.68. The van der Waals surface area contributed by atoms with Crippen LogP contribution in [0.4, 0.5) is 0 Å². The maximum absolute atomic E-state index is 9.16. The van der Waals surface area contributed by atoms with Crippen molar-refractivity contribution in [1.82, 2.24) is 0 Å². The number of fused-ring (bicyclic) bond motifs is 2. The third-order valence-corrected chi connectivity index (χ3v) is 3.41. The number of allylic oxidation sites excluding steroid dienone is 1. The van der Waals surface area contributed by atoms with Gasteiger partial charge in [-0.1, -0.05) is 12.2 Å². The monoisotopic (exact) mass is 184 g/mol. The Labute approximate surface area is 78.0 Å². The maximum atomic E-state index is 9.16. The lowest BCUT2D eigenvalue weighted by Gasteiger charge is -2.31. The van der Waals surface area contributed by atoms with Gasteiger partial charge in [-0.05, 0) is 25.2 Å². The molecule has 0 saturated heterocycles. The highest BCUT2D eigenvalue weighted by Crippen LogP contribution is 2.51. The lowest BCUT2D eigenvalue weighted by molar-refractivity contribution is -0.109. The van der Waals surface area contributed by atoms with Crippen LogP contribution in [0.1, 0.15) is 19.3 Å². The molecular formula is C10H16O3. The van der Waals surface area contributed by atoms with E-state index in [1.165, 1.54) is 6.42 Å². The van der Waals surface area contributed by atoms with Gasteiger partial charge in [0.15, 0.2) is 0 Å². The fourth-order valence-corrected chi connectivity index (χ4v) is 2.68. The third-order valence-electron chi connectivity index (χ3n) is 3.41. The van der Waals surface area contributed by atoms with Gasteiger partial charge in [0, 0.05) is 5.41 Å². The fraction of sp³-hybridized carbons (Fsp3) is 0.800. The molecule has 13 heavy (non-hydrogen) atoms. The molecule has 3 atom stereocenters. The standard InChI is InChI=1S/C10H16O3/c11-6-9(13-7-12)10-3-1-8(5-10)2-4-10/h1,3,8-9,11-12H,2,4-7H2. The molecule has 74 valence electrons. The van der Waals surface area contributed by atoms with Crippen molar-refractivity contribution in [2.45, 2.75) is 25.4 Å². The van der Waals surface area contributed by atoms with E-state index in [-0.39, 0.29) is 24.9 Å². The van der Waals surface area contributed by atoms with E-state index in [4.69, 9.17) is 14.9 Å². The summed E-state index contributed by atoms with van der Waals surface area (Å²) in [5.74, 6) is 0.677. The maximum Gasteiger partial charge on any atom is 0.144 e. The molecule has 2 aliphatic carbocycles. The molecular weight excluding hydrogens is 168 g/mol. The zero-order chi connectivity index (χ0) is 9.31. The van der Waals surface area contributed by atoms with E-state index >= 15 is 0 Å². The molecule has 0 heterocycles. The van der Waals surface area contributed by atoms with Crippen LogP contribution in [0.5, 0.6) is 0 Å². The second-order valence-corrected chi connectivity index (χ2v) is 4.06. The summed E-state index contributed by atoms with van der Waals surface area (Å²) in [7, 11) is 0. The molecule has 3 heteroatoms. The minimum Gasteiger partial charge on any atom is -0.394 e. The molecule has 0 spiro atoms. The van der Waals surface area contributed by atoms with E-state index in [0.717, 1.165) is 12.8 Å². The van der Waals surface area contributed by atoms with Crippen LogP contribution in [-0.4, -0.2) is 29.7 Å². The summed E-state index contributed by atoms with van der Waals surface area (Å²) in [6.07, 6.45) is 7.52. The van der Waals surface area contributed by atoms with Crippen LogP contribution in [0.3, 0.4) is 0 Å². The average molecular weight is 184 g/mol. The lowest BCUT2D eigenvalue weighted by Crippen LogP contribution is -2.36. The normalized spacial score (nSPS) is 38.5. The number of rotatable bonds is 4. The number of aliphatic hydroxyl groups excluding tert-OH is 2. The second kappa shape index (κ2) is 3.40. The topological polar surface area (TPSA) is 49.7 Å². The molecule has 3 nitrogen and oxygen atoms in total. The molecule has 2 rings (SSSR count). The molecule has 0 aliphatic heterocycles. The van der Waals surface area contributed by atoms with Crippen LogP contribution in [-0.2, 0) is 4.74 Å². The number of aliphatic hydroxyl groups is 2. The smallest absolute Gasteiger partial charge is 0.144 e. The summed E-state index contributed by atoms with van der Waals surface area (Å²) < 4.78 is 5.15. The van der Waals surface area contributed by atoms with Crippen molar-refractivity contribution in [2.75, 3.05) is 13.4 Å². The Morgan fingerprint density at radius 3 is 2.77 bits per heavy atom. The van der Waals surface area contributed by atoms with Gasteiger partial charge in [0.1, 0.15) is 6.79 Å². The summed E-state index contributed by atoms with van der Waals surface area (Å²) in [6, 6.07) is 0. The van der Waals surface area contributed by atoms with Gasteiger partial charge in [0.05, 0.1) is 12.7 Å². The van der Waals surface area contributed by atoms with Crippen molar-refractivity contribution >= 4 is 0 Å². The first kappa shape index (κ1) is 9.19. The molecule has 1 fully saturated rings. The van der Waals surface area contributed by atoms with Crippen molar-refractivity contribution in [3.8, 4) is 0 Å². The minimum atomic E-state index is -0.300. The lowest BCUT2D eigenvalue weighted by atomic mass is 9.82. The van der Waals surface area contributed by atoms with Gasteiger partial charge >= 0.3 is 0 Å². The van der Waals surface area contributed by atoms with Crippen LogP contribution in [0.15, 0.2) is 12.2 Å². The molecule has 2 bridgehead atoms. The summed E-state index contributed by atoms with van der Waals surface area (Å²) in [6.45, 7) is -0.302. The molecule has 0 aromatic carbocycles. The molecule has 0 aromatic rings. The van der Waals surface area contributed by atoms with Crippen molar-refractivity contribution in [2.24, 2.45) is 11.3 Å². The third kappa shape index (κ3) is 1.41. The van der Waals surface area contributed by atoms with Gasteiger partial charge in [-0.15, -0.1) is 0 Å². The SMILES string of the molecule is OCOC(CO)C12C=CC(CC1)C2. The van der Waals surface area contributed by atoms with Gasteiger partial charge in [-0.3, -0.25) is 0 Å². The quantitative estimate of drug-likeness (QED) is 0.498. The largest absolute Gasteiger partial charge is 0.394 e. The van der Waals surface area contributed by atoms with Crippen LogP contribution >= 0.6 is 0 Å². The first-order valence-electron chi connectivity index (χ1n) is 4.83. The highest BCUT2D eigenvalue weighted by Gasteiger charge is 2.46. The van der Waals surface area contributed by atoms with Gasteiger partial charge in [-0.2, -0.15) is 0 Å². The Hall–Kier alpha value is -0.380. The van der Waals surface area contributed by atoms with Gasteiger partial charge in [-0.25, -0.2) is 0 Å². The van der Waals surface area contributed by atoms with E-state index in [1.54, 1.807) is 0 Å². The summed E-state index contributed by atoms with van der Waals surface area (Å²) in [4.78, 5) is 0. The van der Waals surface area contributed by atoms with Crippen LogP contribution < -0.4 is 0 Å². The molecule has 0 aromatic heterocycles. The van der Waals surface area contributed by atoms with Crippen LogP contribution in [0.25, 0.3) is 0 Å². The van der Waals surface area contributed by atoms with E-state index in [2.05, 4.69) is 12.2 Å². The van der Waals surface area contributed by atoms with Crippen molar-refractivity contribution in [3.63, 3.8) is 0 Å². The zero-order valence-corrected chi connectivity index (χ0v) is 7.65. The van der Waals surface area contributed by atoms with Crippen LogP contribution in [0, 0.1) is 11.3 Å². The summed E-state index contributed by atoms with van der Waals surface area (Å²) >= 11 is 0. The predicted octanol–water partition coefficient (Wildman–Crippen LogP) is 0.670. The molecule has 2 N–H and O–H groups in total. The average Bonchev–Trinajstić information content (AvgIpc) is 2.74. The molecule has 3 unspecified atom stereocenters. The predicted molar refractivity (Wildman–Crippen MR) is 48.0 cm³/mol. The summed E-state index contributed by atoms with van der Waals surface area (Å²) in [5, 5.41) is 17.9. The van der Waals surface area contributed by atoms with E-state index in [1.807, 2.05) is 0 Å². The summed E-state index contributed by atoms with van der Waals surface area (Å²) in [5.41, 5.74) is 0.0160. The second-order valence-electron chi connectivity index (χ2n) is 4.06. The Morgan fingerprint density at radius 1 is 1.54 bits per heavy atom. The van der Waals surface area contributed by atoms with Gasteiger partial charge in [0.2, 0.25) is 0 Å². The van der Waals surface area contributed by atoms with Crippen molar-refractivity contribution < 1.29 is 14.9 Å². The highest BCUT2D eigenvalue weighted by atomic mass is 16.6. The Kier molecular flexibility index (Phi) is 2.41. The van der Waals surface area contributed by atoms with E-state index in [0.29, 0.717) is 5.92 Å². The van der Waals surface area contributed by atoms with E-state index in [9.17, 15) is 0 Å². The first-order valence-corrected chi connectivity index (χ1v) is 4.83. The Balaban J connectivity index is 2.08. The van der Waals surface area contributed by atoms with Crippen LogP contribution in [0.2, 0.25) is 0 Å². The molecule has 0 radical (unpaired) electrons. The first-order chi connectivity index (χ1) is 6.30. The Morgan fingerprint density at radius 2 is 2.38 bits per heavy atom. The Bertz CT molecular complexity index is 214. The molecule has 2 aliphatic rings. The highest BCUT2D eigenvalue weighted by molar-refractivity contribution is 5.18. The number of ether oxygens (including phenoxy) is 1. The minimum absolute atomic E-state index is 0.00236. The molecule has 0 amide bonds. The molecule has 1 saturated carbocycles. The van der Waals surface area contributed by atoms with Crippen molar-refractivity contribution in [1.29, 1.82) is 0 Å². The van der Waals surface area contributed by atoms with Gasteiger partial charge in [0.25, 0.3) is 0 Å².